The van der Waals surface area contributed by atoms with Gasteiger partial charge in [0.1, 0.15) is 11.6 Å². The highest BCUT2D eigenvalue weighted by molar-refractivity contribution is 9.10. The molecule has 6 nitrogen and oxygen atoms in total. The summed E-state index contributed by atoms with van der Waals surface area (Å²) in [5, 5.41) is 0. The summed E-state index contributed by atoms with van der Waals surface area (Å²) in [6.45, 7) is 4.54. The number of carbonyl (C=O) groups excluding carboxylic acids is 2. The van der Waals surface area contributed by atoms with Crippen LogP contribution in [-0.4, -0.2) is 68.1 Å². The van der Waals surface area contributed by atoms with Gasteiger partial charge in [0.05, 0.1) is 13.5 Å². The van der Waals surface area contributed by atoms with Gasteiger partial charge < -0.3 is 19.3 Å². The minimum absolute atomic E-state index is 0.0553. The summed E-state index contributed by atoms with van der Waals surface area (Å²) in [5.41, 5.74) is 1.88. The van der Waals surface area contributed by atoms with Crippen molar-refractivity contribution in [3.8, 4) is 5.75 Å². The maximum atomic E-state index is 13.5. The number of methoxy groups -OCH3 is 1. The highest BCUT2D eigenvalue weighted by Crippen LogP contribution is 2.37. The van der Waals surface area contributed by atoms with Crippen molar-refractivity contribution in [2.75, 3.05) is 46.4 Å². The van der Waals surface area contributed by atoms with Gasteiger partial charge in [-0.1, -0.05) is 34.5 Å². The van der Waals surface area contributed by atoms with Crippen LogP contribution < -0.4 is 4.74 Å². The number of piperidine rings is 2. The quantitative estimate of drug-likeness (QED) is 0.393. The monoisotopic (exact) mass is 574 g/mol. The van der Waals surface area contributed by atoms with Gasteiger partial charge in [-0.25, -0.2) is 4.39 Å². The molecule has 8 heteroatoms. The van der Waals surface area contributed by atoms with E-state index in [2.05, 4.69) is 20.8 Å². The molecular formula is C29H36BrFN2O4. The molecule has 0 saturated carbocycles. The standard InChI is InChI=1S/C29H36BrFN2O4/c1-36-28(35)18-23-17-24(30)7-10-26(23)37-20-27(34)33-15-11-29(12-16-33,21-32-13-3-2-4-14-32)19-22-5-8-25(31)9-6-22/h5-10,17H,2-4,11-16,18-21H2,1H3. The number of halogens is 2. The molecule has 2 aliphatic heterocycles. The van der Waals surface area contributed by atoms with Crippen molar-refractivity contribution < 1.29 is 23.5 Å². The third-order valence-electron chi connectivity index (χ3n) is 7.61. The van der Waals surface area contributed by atoms with Gasteiger partial charge in [-0.15, -0.1) is 0 Å². The maximum Gasteiger partial charge on any atom is 0.310 e. The van der Waals surface area contributed by atoms with Crippen LogP contribution in [0.5, 0.6) is 5.75 Å². The van der Waals surface area contributed by atoms with E-state index in [0.717, 1.165) is 48.9 Å². The minimum Gasteiger partial charge on any atom is -0.483 e. The predicted octanol–water partition coefficient (Wildman–Crippen LogP) is 5.02. The van der Waals surface area contributed by atoms with Gasteiger partial charge in [-0.2, -0.15) is 0 Å². The third-order valence-corrected chi connectivity index (χ3v) is 8.11. The predicted molar refractivity (Wildman–Crippen MR) is 144 cm³/mol. The summed E-state index contributed by atoms with van der Waals surface area (Å²) in [6, 6.07) is 12.3. The van der Waals surface area contributed by atoms with Crippen molar-refractivity contribution in [3.05, 3.63) is 63.9 Å². The van der Waals surface area contributed by atoms with Crippen molar-refractivity contribution in [1.82, 2.24) is 9.80 Å². The molecule has 0 N–H and O–H groups in total. The molecule has 2 aromatic carbocycles. The van der Waals surface area contributed by atoms with Gasteiger partial charge >= 0.3 is 5.97 Å². The molecule has 0 radical (unpaired) electrons. The van der Waals surface area contributed by atoms with E-state index in [9.17, 15) is 14.0 Å². The van der Waals surface area contributed by atoms with E-state index in [0.29, 0.717) is 24.4 Å². The number of hydrogen-bond donors (Lipinski definition) is 0. The van der Waals surface area contributed by atoms with Crippen LogP contribution in [0.3, 0.4) is 0 Å². The van der Waals surface area contributed by atoms with Crippen LogP contribution in [-0.2, 0) is 27.2 Å². The summed E-state index contributed by atoms with van der Waals surface area (Å²) in [4.78, 5) is 29.3. The lowest BCUT2D eigenvalue weighted by molar-refractivity contribution is -0.139. The normalized spacial score (nSPS) is 17.9. The fourth-order valence-electron chi connectivity index (χ4n) is 5.53. The molecule has 0 aromatic heterocycles. The summed E-state index contributed by atoms with van der Waals surface area (Å²) >= 11 is 3.42. The number of carbonyl (C=O) groups is 2. The molecule has 0 unspecified atom stereocenters. The zero-order valence-corrected chi connectivity index (χ0v) is 23.1. The molecule has 37 heavy (non-hydrogen) atoms. The largest absolute Gasteiger partial charge is 0.483 e. The van der Waals surface area contributed by atoms with Crippen molar-refractivity contribution in [2.45, 2.75) is 44.9 Å². The second-order valence-corrected chi connectivity index (χ2v) is 11.2. The molecule has 0 bridgehead atoms. The Hall–Kier alpha value is -2.45. The first-order chi connectivity index (χ1) is 17.9. The van der Waals surface area contributed by atoms with E-state index < -0.39 is 0 Å². The van der Waals surface area contributed by atoms with Gasteiger partial charge in [0.2, 0.25) is 0 Å². The van der Waals surface area contributed by atoms with Crippen LogP contribution >= 0.6 is 15.9 Å². The van der Waals surface area contributed by atoms with Crippen molar-refractivity contribution >= 4 is 27.8 Å². The molecule has 0 spiro atoms. The van der Waals surface area contributed by atoms with Crippen LogP contribution in [0.2, 0.25) is 0 Å². The molecule has 0 atom stereocenters. The van der Waals surface area contributed by atoms with Gasteiger partial charge in [0.15, 0.2) is 6.61 Å². The molecule has 0 aliphatic carbocycles. The minimum atomic E-state index is -0.364. The van der Waals surface area contributed by atoms with Crippen LogP contribution in [0.15, 0.2) is 46.9 Å². The first kappa shape index (κ1) is 27.6. The van der Waals surface area contributed by atoms with Gasteiger partial charge in [-0.3, -0.25) is 9.59 Å². The lowest BCUT2D eigenvalue weighted by Crippen LogP contribution is -2.50. The van der Waals surface area contributed by atoms with Crippen LogP contribution in [0.4, 0.5) is 4.39 Å². The van der Waals surface area contributed by atoms with Crippen LogP contribution in [0.1, 0.15) is 43.2 Å². The smallest absolute Gasteiger partial charge is 0.310 e. The van der Waals surface area contributed by atoms with E-state index >= 15 is 0 Å². The lowest BCUT2D eigenvalue weighted by Gasteiger charge is -2.45. The number of benzene rings is 2. The first-order valence-corrected chi connectivity index (χ1v) is 13.9. The number of rotatable bonds is 9. The number of likely N-dealkylation sites (tertiary alicyclic amines) is 2. The summed E-state index contributed by atoms with van der Waals surface area (Å²) in [5.74, 6) is -0.124. The van der Waals surface area contributed by atoms with Crippen molar-refractivity contribution in [3.63, 3.8) is 0 Å². The average Bonchev–Trinajstić information content (AvgIpc) is 2.90. The molecule has 1 amide bonds. The second kappa shape index (κ2) is 12.9. The van der Waals surface area contributed by atoms with E-state index in [1.54, 1.807) is 6.07 Å². The van der Waals surface area contributed by atoms with Gasteiger partial charge in [0.25, 0.3) is 5.91 Å². The summed E-state index contributed by atoms with van der Waals surface area (Å²) in [6.07, 6.45) is 6.54. The van der Waals surface area contributed by atoms with Crippen LogP contribution in [0.25, 0.3) is 0 Å². The fraction of sp³-hybridized carbons (Fsp3) is 0.517. The summed E-state index contributed by atoms with van der Waals surface area (Å²) in [7, 11) is 1.35. The Morgan fingerprint density at radius 1 is 1.00 bits per heavy atom. The Morgan fingerprint density at radius 3 is 2.38 bits per heavy atom. The Kier molecular flexibility index (Phi) is 9.60. The van der Waals surface area contributed by atoms with E-state index in [4.69, 9.17) is 9.47 Å². The number of nitrogens with zero attached hydrogens (tertiary/aromatic N) is 2. The van der Waals surface area contributed by atoms with Gasteiger partial charge in [-0.05, 0) is 86.5 Å². The highest BCUT2D eigenvalue weighted by atomic mass is 79.9. The number of esters is 1. The third kappa shape index (κ3) is 7.77. The molecule has 2 aromatic rings. The van der Waals surface area contributed by atoms with E-state index in [1.807, 2.05) is 29.2 Å². The lowest BCUT2D eigenvalue weighted by atomic mass is 9.73. The van der Waals surface area contributed by atoms with Gasteiger partial charge in [0, 0.05) is 29.7 Å². The zero-order chi connectivity index (χ0) is 26.3. The van der Waals surface area contributed by atoms with E-state index in [1.165, 1.54) is 38.5 Å². The average molecular weight is 576 g/mol. The summed E-state index contributed by atoms with van der Waals surface area (Å²) < 4.78 is 25.0. The fourth-order valence-corrected chi connectivity index (χ4v) is 5.94. The SMILES string of the molecule is COC(=O)Cc1cc(Br)ccc1OCC(=O)N1CCC(Cc2ccc(F)cc2)(CN2CCCCC2)CC1. The molecule has 2 saturated heterocycles. The first-order valence-electron chi connectivity index (χ1n) is 13.1. The van der Waals surface area contributed by atoms with E-state index in [-0.39, 0.29) is 36.1 Å². The molecule has 200 valence electrons. The zero-order valence-electron chi connectivity index (χ0n) is 21.5. The number of ether oxygens (including phenoxy) is 2. The maximum absolute atomic E-state index is 13.5. The molecule has 2 aliphatic rings. The Bertz CT molecular complexity index is 1060. The second-order valence-electron chi connectivity index (χ2n) is 10.3. The number of hydrogen-bond acceptors (Lipinski definition) is 5. The van der Waals surface area contributed by atoms with Crippen molar-refractivity contribution in [1.29, 1.82) is 0 Å². The van der Waals surface area contributed by atoms with Crippen molar-refractivity contribution in [2.24, 2.45) is 5.41 Å². The Balaban J connectivity index is 1.38. The Labute approximate surface area is 227 Å². The molecule has 2 fully saturated rings. The Morgan fingerprint density at radius 2 is 1.70 bits per heavy atom. The highest BCUT2D eigenvalue weighted by Gasteiger charge is 2.38. The van der Waals surface area contributed by atoms with Crippen LogP contribution in [0, 0.1) is 11.2 Å². The molecule has 4 rings (SSSR count). The topological polar surface area (TPSA) is 59.1 Å². The molecular weight excluding hydrogens is 539 g/mol. The number of amides is 1. The molecule has 2 heterocycles.